The van der Waals surface area contributed by atoms with Gasteiger partial charge in [0.1, 0.15) is 0 Å². The van der Waals surface area contributed by atoms with Crippen LogP contribution in [0.5, 0.6) is 0 Å². The van der Waals surface area contributed by atoms with Crippen LogP contribution in [0.3, 0.4) is 0 Å². The van der Waals surface area contributed by atoms with E-state index in [-0.39, 0.29) is 5.84 Å². The number of nitrogens with two attached hydrogens (primary N) is 1. The number of rotatable bonds is 3. The van der Waals surface area contributed by atoms with Crippen molar-refractivity contribution in [3.05, 3.63) is 21.9 Å². The van der Waals surface area contributed by atoms with E-state index < -0.39 is 0 Å². The van der Waals surface area contributed by atoms with Crippen molar-refractivity contribution in [2.75, 3.05) is 0 Å². The average Bonchev–Trinajstić information content (AvgIpc) is 2.31. The Hall–Kier alpha value is -0.830. The molecule has 1 aromatic rings. The smallest absolute Gasteiger partial charge is 0.0908 e. The lowest BCUT2D eigenvalue weighted by Crippen LogP contribution is -2.09. The second-order valence-corrected chi connectivity index (χ2v) is 3.55. The van der Waals surface area contributed by atoms with Crippen LogP contribution in [0.2, 0.25) is 0 Å². The van der Waals surface area contributed by atoms with Crippen LogP contribution in [0.25, 0.3) is 0 Å². The van der Waals surface area contributed by atoms with Crippen molar-refractivity contribution in [3.8, 4) is 0 Å². The SMILES string of the molecule is Cc1ccsc1CCC(=N)N. The van der Waals surface area contributed by atoms with Gasteiger partial charge in [-0.1, -0.05) is 0 Å². The minimum absolute atomic E-state index is 0.276. The van der Waals surface area contributed by atoms with E-state index in [1.807, 2.05) is 0 Å². The van der Waals surface area contributed by atoms with E-state index in [1.165, 1.54) is 10.4 Å². The van der Waals surface area contributed by atoms with Crippen LogP contribution in [-0.4, -0.2) is 5.84 Å². The van der Waals surface area contributed by atoms with Gasteiger partial charge < -0.3 is 5.73 Å². The van der Waals surface area contributed by atoms with Crippen LogP contribution < -0.4 is 5.73 Å². The predicted octanol–water partition coefficient (Wildman–Crippen LogP) is 1.93. The third kappa shape index (κ3) is 2.35. The van der Waals surface area contributed by atoms with Crippen molar-refractivity contribution in [2.24, 2.45) is 5.73 Å². The first kappa shape index (κ1) is 8.27. The third-order valence-electron chi connectivity index (χ3n) is 1.59. The maximum Gasteiger partial charge on any atom is 0.0908 e. The van der Waals surface area contributed by atoms with Crippen LogP contribution in [0.15, 0.2) is 11.4 Å². The Bertz CT molecular complexity index is 252. The molecule has 0 saturated carbocycles. The number of amidine groups is 1. The Morgan fingerprint density at radius 3 is 2.91 bits per heavy atom. The molecule has 0 unspecified atom stereocenters. The van der Waals surface area contributed by atoms with Gasteiger partial charge in [-0.3, -0.25) is 5.41 Å². The molecule has 0 fully saturated rings. The Morgan fingerprint density at radius 1 is 1.73 bits per heavy atom. The Morgan fingerprint density at radius 2 is 2.45 bits per heavy atom. The molecule has 3 N–H and O–H groups in total. The van der Waals surface area contributed by atoms with Gasteiger partial charge in [0.05, 0.1) is 5.84 Å². The van der Waals surface area contributed by atoms with Gasteiger partial charge in [-0.25, -0.2) is 0 Å². The molecule has 0 radical (unpaired) electrons. The largest absolute Gasteiger partial charge is 0.388 e. The average molecular weight is 168 g/mol. The van der Waals surface area contributed by atoms with Crippen molar-refractivity contribution in [1.82, 2.24) is 0 Å². The fourth-order valence-electron chi connectivity index (χ4n) is 0.908. The standard InChI is InChI=1S/C8H12N2S/c1-6-4-5-11-7(6)2-3-8(9)10/h4-5H,2-3H2,1H3,(H3,9,10). The molecule has 2 nitrogen and oxygen atoms in total. The summed E-state index contributed by atoms with van der Waals surface area (Å²) in [7, 11) is 0. The Kier molecular flexibility index (Phi) is 2.65. The molecule has 1 heterocycles. The molecular formula is C8H12N2S. The van der Waals surface area contributed by atoms with E-state index in [4.69, 9.17) is 11.1 Å². The molecule has 1 aromatic heterocycles. The first-order valence-corrected chi connectivity index (χ1v) is 4.44. The first-order chi connectivity index (χ1) is 5.20. The minimum atomic E-state index is 0.276. The number of aryl methyl sites for hydroxylation is 2. The Labute approximate surface area is 70.6 Å². The topological polar surface area (TPSA) is 49.9 Å². The molecule has 0 aliphatic carbocycles. The van der Waals surface area contributed by atoms with E-state index in [0.717, 1.165) is 6.42 Å². The zero-order valence-corrected chi connectivity index (χ0v) is 7.37. The van der Waals surface area contributed by atoms with Gasteiger partial charge in [0.25, 0.3) is 0 Å². The molecule has 0 bridgehead atoms. The molecule has 1 rings (SSSR count). The summed E-state index contributed by atoms with van der Waals surface area (Å²) in [5.41, 5.74) is 6.56. The molecule has 0 saturated heterocycles. The van der Waals surface area contributed by atoms with Gasteiger partial charge in [-0.15, -0.1) is 11.3 Å². The summed E-state index contributed by atoms with van der Waals surface area (Å²) in [4.78, 5) is 1.35. The lowest BCUT2D eigenvalue weighted by Gasteiger charge is -1.96. The molecule has 0 atom stereocenters. The highest BCUT2D eigenvalue weighted by molar-refractivity contribution is 7.10. The van der Waals surface area contributed by atoms with Gasteiger partial charge in [0.15, 0.2) is 0 Å². The third-order valence-corrected chi connectivity index (χ3v) is 2.67. The first-order valence-electron chi connectivity index (χ1n) is 3.56. The monoisotopic (exact) mass is 168 g/mol. The van der Waals surface area contributed by atoms with Gasteiger partial charge in [0, 0.05) is 11.3 Å². The quantitative estimate of drug-likeness (QED) is 0.526. The van der Waals surface area contributed by atoms with Crippen molar-refractivity contribution in [2.45, 2.75) is 19.8 Å². The summed E-state index contributed by atoms with van der Waals surface area (Å²) in [6, 6.07) is 2.10. The summed E-state index contributed by atoms with van der Waals surface area (Å²) in [6.07, 6.45) is 1.60. The number of thiophene rings is 1. The van der Waals surface area contributed by atoms with E-state index in [0.29, 0.717) is 6.42 Å². The van der Waals surface area contributed by atoms with Crippen LogP contribution in [0.1, 0.15) is 16.9 Å². The van der Waals surface area contributed by atoms with Gasteiger partial charge >= 0.3 is 0 Å². The number of hydrogen-bond acceptors (Lipinski definition) is 2. The molecule has 3 heteroatoms. The second-order valence-electron chi connectivity index (χ2n) is 2.55. The van der Waals surface area contributed by atoms with Gasteiger partial charge in [-0.2, -0.15) is 0 Å². The fraction of sp³-hybridized carbons (Fsp3) is 0.375. The van der Waals surface area contributed by atoms with Crippen molar-refractivity contribution in [1.29, 1.82) is 5.41 Å². The van der Waals surface area contributed by atoms with E-state index in [2.05, 4.69) is 18.4 Å². The maximum atomic E-state index is 7.05. The van der Waals surface area contributed by atoms with Crippen LogP contribution >= 0.6 is 11.3 Å². The van der Waals surface area contributed by atoms with Crippen LogP contribution in [-0.2, 0) is 6.42 Å². The van der Waals surface area contributed by atoms with Gasteiger partial charge in [0.2, 0.25) is 0 Å². The zero-order valence-electron chi connectivity index (χ0n) is 6.55. The molecular weight excluding hydrogens is 156 g/mol. The summed E-state index contributed by atoms with van der Waals surface area (Å²) in [5.74, 6) is 0.276. The van der Waals surface area contributed by atoms with E-state index in [9.17, 15) is 0 Å². The highest BCUT2D eigenvalue weighted by Crippen LogP contribution is 2.16. The highest BCUT2D eigenvalue weighted by atomic mass is 32.1. The van der Waals surface area contributed by atoms with Crippen molar-refractivity contribution < 1.29 is 0 Å². The summed E-state index contributed by atoms with van der Waals surface area (Å²) in [5, 5.41) is 9.12. The maximum absolute atomic E-state index is 7.05. The summed E-state index contributed by atoms with van der Waals surface area (Å²) >= 11 is 1.74. The van der Waals surface area contributed by atoms with Crippen molar-refractivity contribution in [3.63, 3.8) is 0 Å². The lowest BCUT2D eigenvalue weighted by molar-refractivity contribution is 1.03. The van der Waals surface area contributed by atoms with E-state index >= 15 is 0 Å². The summed E-state index contributed by atoms with van der Waals surface area (Å²) in [6.45, 7) is 2.09. The number of hydrogen-bond donors (Lipinski definition) is 2. The predicted molar refractivity (Wildman–Crippen MR) is 49.3 cm³/mol. The molecule has 0 aliphatic heterocycles. The molecule has 0 amide bonds. The fourth-order valence-corrected chi connectivity index (χ4v) is 1.82. The molecule has 0 spiro atoms. The second kappa shape index (κ2) is 3.53. The van der Waals surface area contributed by atoms with Crippen molar-refractivity contribution >= 4 is 17.2 Å². The van der Waals surface area contributed by atoms with Gasteiger partial charge in [-0.05, 0) is 30.4 Å². The normalized spacial score (nSPS) is 9.91. The zero-order chi connectivity index (χ0) is 8.27. The highest BCUT2D eigenvalue weighted by Gasteiger charge is 1.99. The molecule has 0 aliphatic rings. The summed E-state index contributed by atoms with van der Waals surface area (Å²) < 4.78 is 0. The lowest BCUT2D eigenvalue weighted by atomic mass is 10.2. The molecule has 60 valence electrons. The molecule has 0 aromatic carbocycles. The van der Waals surface area contributed by atoms with Crippen LogP contribution in [0, 0.1) is 12.3 Å². The van der Waals surface area contributed by atoms with E-state index in [1.54, 1.807) is 11.3 Å². The number of nitrogens with one attached hydrogen (secondary N) is 1. The molecule has 11 heavy (non-hydrogen) atoms. The minimum Gasteiger partial charge on any atom is -0.388 e. The Balaban J connectivity index is 2.51. The van der Waals surface area contributed by atoms with Crippen LogP contribution in [0.4, 0.5) is 0 Å².